The van der Waals surface area contributed by atoms with E-state index in [0.29, 0.717) is 12.2 Å². The van der Waals surface area contributed by atoms with Crippen molar-refractivity contribution >= 4 is 44.4 Å². The summed E-state index contributed by atoms with van der Waals surface area (Å²) in [4.78, 5) is 15.9. The number of hydrogen-bond donors (Lipinski definition) is 1. The summed E-state index contributed by atoms with van der Waals surface area (Å²) in [5.74, 6) is -0.0219. The summed E-state index contributed by atoms with van der Waals surface area (Å²) in [5.41, 5.74) is 2.83. The molecule has 2 aromatic heterocycles. The molecule has 2 aromatic rings. The van der Waals surface area contributed by atoms with Crippen LogP contribution in [0.25, 0.3) is 11.1 Å². The van der Waals surface area contributed by atoms with Crippen LogP contribution in [0.4, 0.5) is 0 Å². The van der Waals surface area contributed by atoms with Crippen LogP contribution in [0.2, 0.25) is 0 Å². The van der Waals surface area contributed by atoms with Crippen LogP contribution in [-0.4, -0.2) is 22.0 Å². The van der Waals surface area contributed by atoms with Crippen LogP contribution in [0.5, 0.6) is 0 Å². The predicted molar refractivity (Wildman–Crippen MR) is 80.4 cm³/mol. The summed E-state index contributed by atoms with van der Waals surface area (Å²) in [6.07, 6.45) is 3.52. The highest BCUT2D eigenvalue weighted by atomic mass is 127. The molecule has 0 aromatic carbocycles. The van der Waals surface area contributed by atoms with Crippen molar-refractivity contribution in [3.05, 3.63) is 38.4 Å². The molecule has 1 N–H and O–H groups in total. The van der Waals surface area contributed by atoms with Crippen molar-refractivity contribution in [3.8, 4) is 11.1 Å². The topological polar surface area (TPSA) is 46.9 Å². The molecule has 0 aliphatic carbocycles. The third kappa shape index (κ3) is 1.78. The summed E-state index contributed by atoms with van der Waals surface area (Å²) >= 11 is 5.85. The summed E-state index contributed by atoms with van der Waals surface area (Å²) in [7, 11) is 0. The van der Waals surface area contributed by atoms with Crippen LogP contribution in [0.15, 0.2) is 29.0 Å². The van der Waals surface area contributed by atoms with Crippen molar-refractivity contribution in [1.82, 2.24) is 14.9 Å². The quantitative estimate of drug-likeness (QED) is 0.725. The van der Waals surface area contributed by atoms with E-state index in [9.17, 15) is 4.79 Å². The Kier molecular flexibility index (Phi) is 3.14. The van der Waals surface area contributed by atoms with E-state index in [4.69, 9.17) is 0 Å². The lowest BCUT2D eigenvalue weighted by Gasteiger charge is -2.16. The van der Waals surface area contributed by atoms with Crippen LogP contribution in [0.3, 0.4) is 0 Å². The van der Waals surface area contributed by atoms with Crippen molar-refractivity contribution in [1.29, 1.82) is 0 Å². The highest BCUT2D eigenvalue weighted by Crippen LogP contribution is 2.38. The zero-order chi connectivity index (χ0) is 12.7. The maximum Gasteiger partial charge on any atom is 0.269 e. The Morgan fingerprint density at radius 3 is 2.78 bits per heavy atom. The molecule has 3 rings (SSSR count). The highest BCUT2D eigenvalue weighted by molar-refractivity contribution is 14.1. The Bertz CT molecular complexity index is 624. The predicted octanol–water partition coefficient (Wildman–Crippen LogP) is 2.66. The van der Waals surface area contributed by atoms with Crippen LogP contribution >= 0.6 is 38.5 Å². The minimum Gasteiger partial charge on any atom is -0.349 e. The number of pyridine rings is 1. The van der Waals surface area contributed by atoms with Gasteiger partial charge >= 0.3 is 0 Å². The average Bonchev–Trinajstić information content (AvgIpc) is 2.64. The number of aromatic nitrogens is 2. The number of carbonyl (C=O) groups is 1. The molecule has 18 heavy (non-hydrogen) atoms. The van der Waals surface area contributed by atoms with Crippen molar-refractivity contribution in [2.45, 2.75) is 6.54 Å². The Morgan fingerprint density at radius 2 is 2.11 bits per heavy atom. The minimum atomic E-state index is -0.0219. The molecule has 92 valence electrons. The van der Waals surface area contributed by atoms with E-state index in [0.717, 1.165) is 25.8 Å². The second-order valence-corrected chi connectivity index (χ2v) is 5.79. The van der Waals surface area contributed by atoms with Gasteiger partial charge in [-0.3, -0.25) is 9.78 Å². The third-order valence-electron chi connectivity index (χ3n) is 2.95. The van der Waals surface area contributed by atoms with E-state index in [1.807, 2.05) is 12.1 Å². The van der Waals surface area contributed by atoms with Crippen LogP contribution in [0.1, 0.15) is 10.5 Å². The Hall–Kier alpha value is -0.890. The monoisotopic (exact) mass is 417 g/mol. The number of nitrogens with zero attached hydrogens (tertiary/aromatic N) is 2. The first-order chi connectivity index (χ1) is 8.70. The lowest BCUT2D eigenvalue weighted by molar-refractivity contribution is 0.0926. The van der Waals surface area contributed by atoms with E-state index in [1.54, 1.807) is 12.4 Å². The van der Waals surface area contributed by atoms with Gasteiger partial charge in [-0.15, -0.1) is 0 Å². The van der Waals surface area contributed by atoms with Crippen LogP contribution in [0, 0.1) is 3.70 Å². The molecule has 6 heteroatoms. The van der Waals surface area contributed by atoms with Crippen LogP contribution in [-0.2, 0) is 6.54 Å². The SMILES string of the molecule is O=C1NCCn2c(I)c(-c3ccncc3)c(Br)c21. The van der Waals surface area contributed by atoms with Crippen molar-refractivity contribution in [2.75, 3.05) is 6.54 Å². The number of rotatable bonds is 1. The van der Waals surface area contributed by atoms with Crippen molar-refractivity contribution in [2.24, 2.45) is 0 Å². The Labute approximate surface area is 126 Å². The van der Waals surface area contributed by atoms with Crippen LogP contribution < -0.4 is 5.32 Å². The smallest absolute Gasteiger partial charge is 0.269 e. The van der Waals surface area contributed by atoms with Gasteiger partial charge in [0.1, 0.15) is 5.69 Å². The molecule has 1 aliphatic rings. The summed E-state index contributed by atoms with van der Waals surface area (Å²) < 4.78 is 3.99. The fourth-order valence-electron chi connectivity index (χ4n) is 2.12. The second-order valence-electron chi connectivity index (χ2n) is 3.97. The molecular formula is C12H9BrIN3O. The van der Waals surface area contributed by atoms with E-state index < -0.39 is 0 Å². The summed E-state index contributed by atoms with van der Waals surface area (Å²) in [5, 5.41) is 2.87. The third-order valence-corrected chi connectivity index (χ3v) is 4.84. The van der Waals surface area contributed by atoms with Gasteiger partial charge < -0.3 is 9.88 Å². The molecule has 0 radical (unpaired) electrons. The molecule has 0 saturated carbocycles. The Balaban J connectivity index is 2.26. The van der Waals surface area contributed by atoms with Crippen molar-refractivity contribution < 1.29 is 4.79 Å². The van der Waals surface area contributed by atoms with Gasteiger partial charge in [0.25, 0.3) is 5.91 Å². The number of hydrogen-bond acceptors (Lipinski definition) is 2. The largest absolute Gasteiger partial charge is 0.349 e. The van der Waals surface area contributed by atoms with E-state index in [-0.39, 0.29) is 5.91 Å². The van der Waals surface area contributed by atoms with E-state index in [1.165, 1.54) is 0 Å². The molecule has 0 saturated heterocycles. The van der Waals surface area contributed by atoms with Gasteiger partial charge in [0.15, 0.2) is 0 Å². The lowest BCUT2D eigenvalue weighted by Crippen LogP contribution is -2.35. The first-order valence-corrected chi connectivity index (χ1v) is 7.33. The number of amides is 1. The normalized spacial score (nSPS) is 14.2. The zero-order valence-corrected chi connectivity index (χ0v) is 13.0. The molecule has 0 spiro atoms. The number of halogens is 2. The van der Waals surface area contributed by atoms with E-state index >= 15 is 0 Å². The molecule has 1 amide bonds. The standard InChI is InChI=1S/C12H9BrIN3O/c13-9-8(7-1-3-15-4-2-7)11(14)17-6-5-16-12(18)10(9)17/h1-4H,5-6H2,(H,16,18). The fraction of sp³-hybridized carbons (Fsp3) is 0.167. The van der Waals surface area contributed by atoms with Gasteiger partial charge in [0.05, 0.1) is 8.17 Å². The zero-order valence-electron chi connectivity index (χ0n) is 9.28. The number of nitrogens with one attached hydrogen (secondary N) is 1. The van der Waals surface area contributed by atoms with Gasteiger partial charge in [-0.05, 0) is 56.2 Å². The van der Waals surface area contributed by atoms with Gasteiger partial charge in [0.2, 0.25) is 0 Å². The molecule has 3 heterocycles. The molecule has 0 unspecified atom stereocenters. The van der Waals surface area contributed by atoms with Crippen molar-refractivity contribution in [3.63, 3.8) is 0 Å². The van der Waals surface area contributed by atoms with Gasteiger partial charge in [-0.2, -0.15) is 0 Å². The lowest BCUT2D eigenvalue weighted by atomic mass is 10.1. The highest BCUT2D eigenvalue weighted by Gasteiger charge is 2.27. The molecule has 0 fully saturated rings. The molecule has 4 nitrogen and oxygen atoms in total. The van der Waals surface area contributed by atoms with Gasteiger partial charge in [-0.25, -0.2) is 0 Å². The molecule has 1 aliphatic heterocycles. The van der Waals surface area contributed by atoms with Gasteiger partial charge in [-0.1, -0.05) is 0 Å². The Morgan fingerprint density at radius 1 is 1.39 bits per heavy atom. The first-order valence-electron chi connectivity index (χ1n) is 5.46. The fourth-order valence-corrected chi connectivity index (χ4v) is 4.37. The average molecular weight is 418 g/mol. The maximum atomic E-state index is 11.9. The van der Waals surface area contributed by atoms with Gasteiger partial charge in [0, 0.05) is 31.0 Å². The molecular weight excluding hydrogens is 409 g/mol. The number of fused-ring (bicyclic) bond motifs is 1. The van der Waals surface area contributed by atoms with E-state index in [2.05, 4.69) is 53.4 Å². The number of carbonyl (C=O) groups excluding carboxylic acids is 1. The minimum absolute atomic E-state index is 0.0219. The summed E-state index contributed by atoms with van der Waals surface area (Å²) in [6.45, 7) is 1.49. The molecule has 0 bridgehead atoms. The second kappa shape index (κ2) is 4.65. The summed E-state index contributed by atoms with van der Waals surface area (Å²) in [6, 6.07) is 3.90. The first kappa shape index (κ1) is 12.2. The maximum absolute atomic E-state index is 11.9. The molecule has 0 atom stereocenters.